The number of carboxylic acid groups (broad SMARTS) is 1. The molecule has 1 aliphatic rings. The fraction of sp³-hybridized carbons (Fsp3) is 0.667. The molecule has 0 aromatic carbocycles. The second-order valence-corrected chi connectivity index (χ2v) is 6.10. The van der Waals surface area contributed by atoms with Gasteiger partial charge in [-0.15, -0.1) is 0 Å². The molecule has 0 spiro atoms. The average Bonchev–Trinajstić information content (AvgIpc) is 2.91. The number of aromatic nitrogens is 2. The largest absolute Gasteiger partial charge is 0.480 e. The van der Waals surface area contributed by atoms with Crippen LogP contribution in [-0.4, -0.2) is 43.7 Å². The van der Waals surface area contributed by atoms with E-state index in [4.69, 9.17) is 0 Å². The molecule has 1 saturated heterocycles. The number of rotatable bonds is 3. The lowest BCUT2D eigenvalue weighted by Gasteiger charge is -2.33. The highest BCUT2D eigenvalue weighted by molar-refractivity contribution is 5.91. The van der Waals surface area contributed by atoms with Gasteiger partial charge in [0.05, 0.1) is 11.6 Å². The summed E-state index contributed by atoms with van der Waals surface area (Å²) in [4.78, 5) is 25.8. The minimum atomic E-state index is -1.09. The molecule has 1 aromatic rings. The summed E-state index contributed by atoms with van der Waals surface area (Å²) in [5.41, 5.74) is 1.59. The maximum absolute atomic E-state index is 12.8. The standard InChI is InChI=1S/C15H23N3O3/c1-9(12-10(2)16-17(5)11(12)3)13(19)18-8-6-7-15(18,4)14(20)21/h9H,6-8H2,1-5H3,(H,20,21). The topological polar surface area (TPSA) is 75.4 Å². The quantitative estimate of drug-likeness (QED) is 0.918. The molecule has 2 atom stereocenters. The lowest BCUT2D eigenvalue weighted by atomic mass is 9.94. The van der Waals surface area contributed by atoms with E-state index in [1.54, 1.807) is 11.6 Å². The predicted octanol–water partition coefficient (Wildman–Crippen LogP) is 1.61. The van der Waals surface area contributed by atoms with Crippen molar-refractivity contribution in [3.05, 3.63) is 17.0 Å². The summed E-state index contributed by atoms with van der Waals surface area (Å²) in [6.45, 7) is 7.78. The molecule has 116 valence electrons. The molecule has 1 aliphatic heterocycles. The van der Waals surface area contributed by atoms with Crippen molar-refractivity contribution >= 4 is 11.9 Å². The highest BCUT2D eigenvalue weighted by Crippen LogP contribution is 2.34. The van der Waals surface area contributed by atoms with Gasteiger partial charge < -0.3 is 10.0 Å². The van der Waals surface area contributed by atoms with E-state index in [0.29, 0.717) is 13.0 Å². The fourth-order valence-corrected chi connectivity index (χ4v) is 3.31. The van der Waals surface area contributed by atoms with Crippen LogP contribution in [0.25, 0.3) is 0 Å². The molecule has 1 aromatic heterocycles. The smallest absolute Gasteiger partial charge is 0.329 e. The van der Waals surface area contributed by atoms with Crippen molar-refractivity contribution < 1.29 is 14.7 Å². The first-order valence-electron chi connectivity index (χ1n) is 7.25. The molecular formula is C15H23N3O3. The summed E-state index contributed by atoms with van der Waals surface area (Å²) in [7, 11) is 1.85. The highest BCUT2D eigenvalue weighted by Gasteiger charge is 2.47. The van der Waals surface area contributed by atoms with Crippen molar-refractivity contribution in [3.8, 4) is 0 Å². The van der Waals surface area contributed by atoms with Gasteiger partial charge in [-0.1, -0.05) is 0 Å². The van der Waals surface area contributed by atoms with E-state index in [0.717, 1.165) is 23.4 Å². The predicted molar refractivity (Wildman–Crippen MR) is 78.1 cm³/mol. The van der Waals surface area contributed by atoms with Crippen LogP contribution in [0, 0.1) is 13.8 Å². The number of carboxylic acids is 1. The van der Waals surface area contributed by atoms with Crippen LogP contribution in [0.15, 0.2) is 0 Å². The van der Waals surface area contributed by atoms with Gasteiger partial charge in [0.1, 0.15) is 5.54 Å². The van der Waals surface area contributed by atoms with Gasteiger partial charge in [0.25, 0.3) is 0 Å². The second-order valence-electron chi connectivity index (χ2n) is 6.10. The molecule has 1 fully saturated rings. The molecule has 2 unspecified atom stereocenters. The molecule has 0 aliphatic carbocycles. The number of carbonyl (C=O) groups is 2. The van der Waals surface area contributed by atoms with Gasteiger partial charge in [-0.05, 0) is 40.5 Å². The van der Waals surface area contributed by atoms with E-state index in [1.165, 1.54) is 4.90 Å². The number of nitrogens with zero attached hydrogens (tertiary/aromatic N) is 3. The Kier molecular flexibility index (Phi) is 3.82. The molecule has 21 heavy (non-hydrogen) atoms. The zero-order valence-electron chi connectivity index (χ0n) is 13.3. The number of hydrogen-bond donors (Lipinski definition) is 1. The minimum Gasteiger partial charge on any atom is -0.480 e. The minimum absolute atomic E-state index is 0.128. The number of carbonyl (C=O) groups excluding carboxylic acids is 1. The first-order valence-corrected chi connectivity index (χ1v) is 7.25. The van der Waals surface area contributed by atoms with Gasteiger partial charge in [0.2, 0.25) is 5.91 Å². The van der Waals surface area contributed by atoms with Gasteiger partial charge in [-0.3, -0.25) is 9.48 Å². The number of likely N-dealkylation sites (tertiary alicyclic amines) is 1. The molecule has 0 bridgehead atoms. The zero-order chi connectivity index (χ0) is 15.9. The van der Waals surface area contributed by atoms with Gasteiger partial charge in [0, 0.05) is 24.8 Å². The Balaban J connectivity index is 2.33. The maximum atomic E-state index is 12.8. The number of aliphatic carboxylic acids is 1. The summed E-state index contributed by atoms with van der Waals surface area (Å²) in [6, 6.07) is 0. The van der Waals surface area contributed by atoms with E-state index in [2.05, 4.69) is 5.10 Å². The van der Waals surface area contributed by atoms with E-state index < -0.39 is 11.5 Å². The van der Waals surface area contributed by atoms with Crippen molar-refractivity contribution in [2.45, 2.75) is 52.0 Å². The zero-order valence-corrected chi connectivity index (χ0v) is 13.3. The highest BCUT2D eigenvalue weighted by atomic mass is 16.4. The van der Waals surface area contributed by atoms with Crippen LogP contribution in [-0.2, 0) is 16.6 Å². The SMILES string of the molecule is Cc1nn(C)c(C)c1C(C)C(=O)N1CCCC1(C)C(=O)O. The normalized spacial score (nSPS) is 23.4. The molecule has 0 radical (unpaired) electrons. The molecule has 1 N–H and O–H groups in total. The van der Waals surface area contributed by atoms with Crippen LogP contribution >= 0.6 is 0 Å². The fourth-order valence-electron chi connectivity index (χ4n) is 3.31. The molecule has 0 saturated carbocycles. The second kappa shape index (κ2) is 5.16. The van der Waals surface area contributed by atoms with Gasteiger partial charge >= 0.3 is 5.97 Å². The Morgan fingerprint density at radius 2 is 2.00 bits per heavy atom. The third-order valence-corrected chi connectivity index (χ3v) is 4.74. The summed E-state index contributed by atoms with van der Waals surface area (Å²) < 4.78 is 1.76. The summed E-state index contributed by atoms with van der Waals surface area (Å²) in [5.74, 6) is -1.44. The summed E-state index contributed by atoms with van der Waals surface area (Å²) in [5, 5.41) is 13.8. The third kappa shape index (κ3) is 2.32. The van der Waals surface area contributed by atoms with Crippen LogP contribution in [0.5, 0.6) is 0 Å². The van der Waals surface area contributed by atoms with Crippen molar-refractivity contribution in [2.75, 3.05) is 6.54 Å². The first-order chi connectivity index (χ1) is 9.70. The molecule has 6 nitrogen and oxygen atoms in total. The Hall–Kier alpha value is -1.85. The first kappa shape index (κ1) is 15.5. The van der Waals surface area contributed by atoms with Crippen LogP contribution in [0.4, 0.5) is 0 Å². The monoisotopic (exact) mass is 293 g/mol. The molecule has 2 heterocycles. The lowest BCUT2D eigenvalue weighted by molar-refractivity contribution is -0.155. The van der Waals surface area contributed by atoms with E-state index >= 15 is 0 Å². The molecule has 1 amide bonds. The van der Waals surface area contributed by atoms with E-state index in [9.17, 15) is 14.7 Å². The van der Waals surface area contributed by atoms with Gasteiger partial charge in [-0.25, -0.2) is 4.79 Å². The van der Waals surface area contributed by atoms with Crippen LogP contribution < -0.4 is 0 Å². The Morgan fingerprint density at radius 3 is 2.48 bits per heavy atom. The van der Waals surface area contributed by atoms with Crippen molar-refractivity contribution in [1.82, 2.24) is 14.7 Å². The van der Waals surface area contributed by atoms with E-state index in [1.807, 2.05) is 27.8 Å². The van der Waals surface area contributed by atoms with Crippen LogP contribution in [0.1, 0.15) is 49.6 Å². The summed E-state index contributed by atoms with van der Waals surface area (Å²) >= 11 is 0. The summed E-state index contributed by atoms with van der Waals surface area (Å²) in [6.07, 6.45) is 1.23. The van der Waals surface area contributed by atoms with Gasteiger partial charge in [-0.2, -0.15) is 5.10 Å². The Morgan fingerprint density at radius 1 is 1.38 bits per heavy atom. The number of hydrogen-bond acceptors (Lipinski definition) is 3. The molecular weight excluding hydrogens is 270 g/mol. The molecule has 2 rings (SSSR count). The third-order valence-electron chi connectivity index (χ3n) is 4.74. The van der Waals surface area contributed by atoms with Crippen molar-refractivity contribution in [3.63, 3.8) is 0 Å². The Bertz CT molecular complexity index is 593. The van der Waals surface area contributed by atoms with Crippen molar-refractivity contribution in [2.24, 2.45) is 7.05 Å². The molecule has 6 heteroatoms. The number of amides is 1. The maximum Gasteiger partial charge on any atom is 0.329 e. The lowest BCUT2D eigenvalue weighted by Crippen LogP contribution is -2.52. The van der Waals surface area contributed by atoms with Crippen LogP contribution in [0.2, 0.25) is 0 Å². The Labute approximate surface area is 124 Å². The number of aryl methyl sites for hydroxylation is 2. The van der Waals surface area contributed by atoms with Crippen molar-refractivity contribution in [1.29, 1.82) is 0 Å². The van der Waals surface area contributed by atoms with Gasteiger partial charge in [0.15, 0.2) is 0 Å². The van der Waals surface area contributed by atoms with Crippen LogP contribution in [0.3, 0.4) is 0 Å². The van der Waals surface area contributed by atoms with E-state index in [-0.39, 0.29) is 11.8 Å². The average molecular weight is 293 g/mol.